The van der Waals surface area contributed by atoms with Crippen LogP contribution in [0.5, 0.6) is 0 Å². The molecule has 3 heteroatoms. The summed E-state index contributed by atoms with van der Waals surface area (Å²) in [7, 11) is 3.88. The maximum atomic E-state index is 5.88. The lowest BCUT2D eigenvalue weighted by molar-refractivity contribution is 0.818. The predicted molar refractivity (Wildman–Crippen MR) is 210 cm³/mol. The van der Waals surface area contributed by atoms with Crippen molar-refractivity contribution in [1.29, 1.82) is 0 Å². The fourth-order valence-electron chi connectivity index (χ4n) is 4.96. The summed E-state index contributed by atoms with van der Waals surface area (Å²) in [4.78, 5) is 0. The van der Waals surface area contributed by atoms with E-state index in [1.54, 1.807) is 0 Å². The van der Waals surface area contributed by atoms with E-state index < -0.39 is 0 Å². The zero-order valence-corrected chi connectivity index (χ0v) is 29.1. The molecule has 0 radical (unpaired) electrons. The van der Waals surface area contributed by atoms with Gasteiger partial charge in [0.25, 0.3) is 0 Å². The van der Waals surface area contributed by atoms with Gasteiger partial charge in [-0.15, -0.1) is 0 Å². The summed E-state index contributed by atoms with van der Waals surface area (Å²) in [5.74, 6) is 0. The highest BCUT2D eigenvalue weighted by Gasteiger charge is 2.04. The van der Waals surface area contributed by atoms with E-state index in [1.165, 1.54) is 50.2 Å². The minimum atomic E-state index is 0.00462. The third-order valence-corrected chi connectivity index (χ3v) is 7.59. The molecule has 0 saturated heterocycles. The third-order valence-electron chi connectivity index (χ3n) is 7.59. The van der Waals surface area contributed by atoms with Crippen molar-refractivity contribution in [2.45, 2.75) is 33.4 Å². The molecule has 1 unspecified atom stereocenters. The van der Waals surface area contributed by atoms with Crippen LogP contribution in [-0.4, -0.2) is 20.1 Å². The highest BCUT2D eigenvalue weighted by Crippen LogP contribution is 2.26. The smallest absolute Gasteiger partial charge is 0.0416 e. The van der Waals surface area contributed by atoms with Crippen LogP contribution in [-0.2, 0) is 6.54 Å². The first kappa shape index (κ1) is 37.2. The monoisotopic (exact) mass is 633 g/mol. The van der Waals surface area contributed by atoms with Gasteiger partial charge in [-0.1, -0.05) is 182 Å². The maximum Gasteiger partial charge on any atom is 0.0416 e. The van der Waals surface area contributed by atoms with Crippen LogP contribution in [0, 0.1) is 13.8 Å². The summed E-state index contributed by atoms with van der Waals surface area (Å²) < 4.78 is 0. The van der Waals surface area contributed by atoms with E-state index in [2.05, 4.69) is 128 Å². The van der Waals surface area contributed by atoms with Gasteiger partial charge in [-0.3, -0.25) is 0 Å². The highest BCUT2D eigenvalue weighted by molar-refractivity contribution is 5.78. The normalized spacial score (nSPS) is 13.2. The number of rotatable bonds is 6. The topological polar surface area (TPSA) is 50.1 Å². The lowest BCUT2D eigenvalue weighted by atomic mass is 9.97. The predicted octanol–water partition coefficient (Wildman–Crippen LogP) is 10.2. The van der Waals surface area contributed by atoms with Crippen molar-refractivity contribution in [2.75, 3.05) is 14.1 Å². The summed E-state index contributed by atoms with van der Waals surface area (Å²) in [5, 5.41) is 6.21. The quantitative estimate of drug-likeness (QED) is 0.174. The molecule has 3 nitrogen and oxygen atoms in total. The Kier molecular flexibility index (Phi) is 16.7. The SMILES string of the molecule is C/C=C(\NC)c1ccccc1.CNCc1ccccc1.Cc1ccccc1.Cc1ccccc1-c1ccc(C2=CC=CC(N)C=C2)cc1. The molecule has 0 amide bonds. The van der Waals surface area contributed by atoms with Crippen LogP contribution >= 0.6 is 0 Å². The fraction of sp³-hybridized carbons (Fsp3) is 0.156. The summed E-state index contributed by atoms with van der Waals surface area (Å²) in [6.07, 6.45) is 12.3. The maximum absolute atomic E-state index is 5.88. The first-order valence-electron chi connectivity index (χ1n) is 16.5. The van der Waals surface area contributed by atoms with E-state index in [4.69, 9.17) is 5.73 Å². The second kappa shape index (κ2) is 21.6. The Morgan fingerprint density at radius 2 is 1.23 bits per heavy atom. The standard InChI is InChI=1S/C20H19N.C10H13N.C8H11N.C7H8/c1-15-5-2-3-8-20(15)18-11-9-17(10-12-18)16-6-4-7-19(21)14-13-16;1-3-10(11-2)9-7-5-4-6-8-9;1-9-7-8-5-3-2-4-6-8;1-7-5-3-2-4-6-7/h2-14,19H,21H2,1H3;3-8,11H,1-2H3;2-6,9H,7H2,1H3;2-6H,1H3/b;10-3-;;. The van der Waals surface area contributed by atoms with Crippen molar-refractivity contribution in [3.63, 3.8) is 0 Å². The van der Waals surface area contributed by atoms with E-state index in [9.17, 15) is 0 Å². The molecule has 4 N–H and O–H groups in total. The van der Waals surface area contributed by atoms with Crippen LogP contribution in [0.2, 0.25) is 0 Å². The molecule has 0 fully saturated rings. The van der Waals surface area contributed by atoms with Crippen LogP contribution in [0.25, 0.3) is 22.4 Å². The lowest BCUT2D eigenvalue weighted by Crippen LogP contribution is -2.11. The molecule has 0 bridgehead atoms. The first-order chi connectivity index (χ1) is 23.4. The summed E-state index contributed by atoms with van der Waals surface area (Å²) in [5.41, 5.74) is 17.2. The van der Waals surface area contributed by atoms with Crippen molar-refractivity contribution in [2.24, 2.45) is 5.73 Å². The van der Waals surface area contributed by atoms with Crippen LogP contribution in [0.4, 0.5) is 0 Å². The highest BCUT2D eigenvalue weighted by atomic mass is 14.8. The first-order valence-corrected chi connectivity index (χ1v) is 16.5. The zero-order chi connectivity index (χ0) is 34.4. The van der Waals surface area contributed by atoms with Gasteiger partial charge in [-0.25, -0.2) is 0 Å². The molecule has 5 aromatic carbocycles. The van der Waals surface area contributed by atoms with Crippen LogP contribution in [0.1, 0.15) is 34.7 Å². The van der Waals surface area contributed by atoms with Crippen molar-refractivity contribution in [3.05, 3.63) is 204 Å². The molecule has 0 aliphatic heterocycles. The summed E-state index contributed by atoms with van der Waals surface area (Å²) in [6.45, 7) is 7.21. The molecule has 0 spiro atoms. The minimum Gasteiger partial charge on any atom is -0.388 e. The van der Waals surface area contributed by atoms with E-state index in [1.807, 2.05) is 93.8 Å². The molecule has 1 aliphatic carbocycles. The Morgan fingerprint density at radius 1 is 0.667 bits per heavy atom. The Balaban J connectivity index is 0.000000194. The molecule has 48 heavy (non-hydrogen) atoms. The van der Waals surface area contributed by atoms with E-state index in [-0.39, 0.29) is 6.04 Å². The van der Waals surface area contributed by atoms with Crippen molar-refractivity contribution >= 4 is 11.3 Å². The Morgan fingerprint density at radius 3 is 1.77 bits per heavy atom. The van der Waals surface area contributed by atoms with Gasteiger partial charge in [0, 0.05) is 25.3 Å². The van der Waals surface area contributed by atoms with Gasteiger partial charge in [0.2, 0.25) is 0 Å². The third kappa shape index (κ3) is 13.3. The molecular weight excluding hydrogens is 583 g/mol. The van der Waals surface area contributed by atoms with Gasteiger partial charge in [0.1, 0.15) is 0 Å². The van der Waals surface area contributed by atoms with Gasteiger partial charge in [0.15, 0.2) is 0 Å². The molecule has 0 heterocycles. The Bertz CT molecular complexity index is 1720. The van der Waals surface area contributed by atoms with Crippen molar-refractivity contribution in [3.8, 4) is 11.1 Å². The van der Waals surface area contributed by atoms with Crippen LogP contribution in [0.15, 0.2) is 176 Å². The average molecular weight is 634 g/mol. The number of hydrogen-bond acceptors (Lipinski definition) is 3. The van der Waals surface area contributed by atoms with Crippen molar-refractivity contribution in [1.82, 2.24) is 10.6 Å². The van der Waals surface area contributed by atoms with E-state index >= 15 is 0 Å². The largest absolute Gasteiger partial charge is 0.388 e. The number of hydrogen-bond donors (Lipinski definition) is 3. The molecule has 0 aromatic heterocycles. The minimum absolute atomic E-state index is 0.00462. The molecule has 246 valence electrons. The molecule has 5 aromatic rings. The van der Waals surface area contributed by atoms with E-state index in [0.29, 0.717) is 0 Å². The van der Waals surface area contributed by atoms with Crippen LogP contribution < -0.4 is 16.4 Å². The van der Waals surface area contributed by atoms with Gasteiger partial charge in [-0.05, 0) is 66.8 Å². The molecule has 0 saturated carbocycles. The zero-order valence-electron chi connectivity index (χ0n) is 29.1. The number of allylic oxidation sites excluding steroid dienone is 5. The Labute approximate surface area is 289 Å². The van der Waals surface area contributed by atoms with Gasteiger partial charge >= 0.3 is 0 Å². The second-order valence-corrected chi connectivity index (χ2v) is 11.3. The summed E-state index contributed by atoms with van der Waals surface area (Å²) >= 11 is 0. The van der Waals surface area contributed by atoms with Crippen LogP contribution in [0.3, 0.4) is 0 Å². The number of nitrogens with two attached hydrogens (primary N) is 1. The second-order valence-electron chi connectivity index (χ2n) is 11.3. The average Bonchev–Trinajstić information content (AvgIpc) is 3.36. The fourth-order valence-corrected chi connectivity index (χ4v) is 4.96. The number of nitrogens with one attached hydrogen (secondary N) is 2. The molecule has 1 atom stereocenters. The van der Waals surface area contributed by atoms with Crippen molar-refractivity contribution < 1.29 is 0 Å². The van der Waals surface area contributed by atoms with E-state index in [0.717, 1.165) is 6.54 Å². The number of benzene rings is 5. The summed E-state index contributed by atoms with van der Waals surface area (Å²) in [6, 6.07) is 48.0. The lowest BCUT2D eigenvalue weighted by Gasteiger charge is -2.08. The Hall–Kier alpha value is -5.22. The van der Waals surface area contributed by atoms with Gasteiger partial charge in [0.05, 0.1) is 0 Å². The number of aryl methyl sites for hydroxylation is 2. The molecule has 6 rings (SSSR count). The van der Waals surface area contributed by atoms with Gasteiger partial charge < -0.3 is 16.4 Å². The molecule has 1 aliphatic rings. The molecular formula is C45H51N3. The van der Waals surface area contributed by atoms with Gasteiger partial charge in [-0.2, -0.15) is 0 Å².